The van der Waals surface area contributed by atoms with Gasteiger partial charge >= 0.3 is 5.97 Å². The zero-order valence-corrected chi connectivity index (χ0v) is 19.0. The maximum absolute atomic E-state index is 12.6. The highest BCUT2D eigenvalue weighted by Gasteiger charge is 2.33. The van der Waals surface area contributed by atoms with E-state index in [1.807, 2.05) is 13.0 Å². The highest BCUT2D eigenvalue weighted by molar-refractivity contribution is 7.86. The maximum Gasteiger partial charge on any atom is 0.338 e. The van der Waals surface area contributed by atoms with E-state index in [0.29, 0.717) is 11.1 Å². The van der Waals surface area contributed by atoms with Crippen molar-refractivity contribution < 1.29 is 27.2 Å². The van der Waals surface area contributed by atoms with E-state index < -0.39 is 40.8 Å². The van der Waals surface area contributed by atoms with Gasteiger partial charge in [-0.15, -0.1) is 0 Å². The number of benzene rings is 3. The predicted molar refractivity (Wildman–Crippen MR) is 125 cm³/mol. The Hall–Kier alpha value is -3.26. The van der Waals surface area contributed by atoms with Crippen LogP contribution in [-0.2, 0) is 19.0 Å². The van der Waals surface area contributed by atoms with Gasteiger partial charge in [0.2, 0.25) is 0 Å². The Balaban J connectivity index is 1.81. The zero-order chi connectivity index (χ0) is 23.8. The third-order valence-corrected chi connectivity index (χ3v) is 6.44. The van der Waals surface area contributed by atoms with Crippen molar-refractivity contribution in [3.8, 4) is 0 Å². The Bertz CT molecular complexity index is 1160. The van der Waals surface area contributed by atoms with Gasteiger partial charge in [0.1, 0.15) is 6.10 Å². The van der Waals surface area contributed by atoms with Crippen molar-refractivity contribution in [1.82, 2.24) is 0 Å². The normalized spacial score (nSPS) is 14.1. The minimum absolute atomic E-state index is 0.00710. The highest BCUT2D eigenvalue weighted by Crippen LogP contribution is 2.28. The summed E-state index contributed by atoms with van der Waals surface area (Å²) in [6.07, 6.45) is -0.823. The van der Waals surface area contributed by atoms with Crippen molar-refractivity contribution in [2.45, 2.75) is 29.9 Å². The quantitative estimate of drug-likeness (QED) is 0.273. The summed E-state index contributed by atoms with van der Waals surface area (Å²) in [6.45, 7) is 5.07. The van der Waals surface area contributed by atoms with Gasteiger partial charge in [-0.1, -0.05) is 78.9 Å². The molecule has 0 amide bonds. The smallest absolute Gasteiger partial charge is 0.338 e. The highest BCUT2D eigenvalue weighted by atomic mass is 32.2. The zero-order valence-electron chi connectivity index (χ0n) is 18.2. The first-order valence-electron chi connectivity index (χ1n) is 10.4. The van der Waals surface area contributed by atoms with Gasteiger partial charge in [-0.25, -0.2) is 4.79 Å². The first-order valence-corrected chi connectivity index (χ1v) is 11.8. The molecule has 0 aromatic heterocycles. The molecule has 0 saturated carbocycles. The van der Waals surface area contributed by atoms with Crippen LogP contribution in [0.15, 0.2) is 102 Å². The average Bonchev–Trinajstić information content (AvgIpc) is 2.83. The van der Waals surface area contributed by atoms with E-state index >= 15 is 0 Å². The van der Waals surface area contributed by atoms with Gasteiger partial charge in [-0.3, -0.25) is 4.18 Å². The Morgan fingerprint density at radius 1 is 0.970 bits per heavy atom. The Morgan fingerprint density at radius 3 is 2.12 bits per heavy atom. The summed E-state index contributed by atoms with van der Waals surface area (Å²) in [7, 11) is -4.08. The molecule has 3 rings (SSSR count). The fourth-order valence-electron chi connectivity index (χ4n) is 3.38. The van der Waals surface area contributed by atoms with Crippen molar-refractivity contribution in [3.63, 3.8) is 0 Å². The van der Waals surface area contributed by atoms with E-state index in [2.05, 4.69) is 6.58 Å². The molecule has 3 aromatic carbocycles. The molecule has 3 aromatic rings. The standard InChI is InChI=1S/C26H26O6S/c1-3-24(32-26(28)21-12-8-5-9-13-21)25(20-10-6-4-7-11-20)23(27)18-31-33(29,30)22-16-14-19(2)15-17-22/h3-17,23-25,27H,1,18H2,2H3/t23-,24-,25-/m1/s1. The van der Waals surface area contributed by atoms with E-state index in [0.717, 1.165) is 5.56 Å². The summed E-state index contributed by atoms with van der Waals surface area (Å²) in [5, 5.41) is 11.0. The number of hydrogen-bond acceptors (Lipinski definition) is 6. The first-order chi connectivity index (χ1) is 15.8. The van der Waals surface area contributed by atoms with Gasteiger partial charge in [0.25, 0.3) is 10.1 Å². The molecule has 1 N–H and O–H groups in total. The second kappa shape index (κ2) is 11.0. The number of carbonyl (C=O) groups excluding carboxylic acids is 1. The van der Waals surface area contributed by atoms with Crippen LogP contribution >= 0.6 is 0 Å². The predicted octanol–water partition coefficient (Wildman–Crippen LogP) is 4.26. The molecule has 0 aliphatic heterocycles. The third kappa shape index (κ3) is 6.38. The van der Waals surface area contributed by atoms with Crippen LogP contribution in [0.25, 0.3) is 0 Å². The topological polar surface area (TPSA) is 89.9 Å². The summed E-state index contributed by atoms with van der Waals surface area (Å²) in [6, 6.07) is 23.5. The number of aryl methyl sites for hydroxylation is 1. The van der Waals surface area contributed by atoms with Crippen LogP contribution in [0.3, 0.4) is 0 Å². The summed E-state index contributed by atoms with van der Waals surface area (Å²) < 4.78 is 35.9. The molecule has 7 heteroatoms. The lowest BCUT2D eigenvalue weighted by molar-refractivity contribution is 0.00824. The summed E-state index contributed by atoms with van der Waals surface area (Å²) >= 11 is 0. The molecule has 6 nitrogen and oxygen atoms in total. The van der Waals surface area contributed by atoms with Gasteiger partial charge in [-0.05, 0) is 36.8 Å². The fraction of sp³-hybridized carbons (Fsp3) is 0.192. The number of hydrogen-bond donors (Lipinski definition) is 1. The molecular formula is C26H26O6S. The lowest BCUT2D eigenvalue weighted by atomic mass is 9.88. The molecule has 0 bridgehead atoms. The van der Waals surface area contributed by atoms with Crippen LogP contribution < -0.4 is 0 Å². The molecule has 0 saturated heterocycles. The SMILES string of the molecule is C=C[C@@H](OC(=O)c1ccccc1)[C@H](c1ccccc1)[C@H](O)COS(=O)(=O)c1ccc(C)cc1. The fourth-order valence-corrected chi connectivity index (χ4v) is 4.30. The van der Waals surface area contributed by atoms with Crippen molar-refractivity contribution in [2.75, 3.05) is 6.61 Å². The lowest BCUT2D eigenvalue weighted by Gasteiger charge is -2.29. The van der Waals surface area contributed by atoms with E-state index in [1.165, 1.54) is 18.2 Å². The summed E-state index contributed by atoms with van der Waals surface area (Å²) in [5.74, 6) is -1.38. The van der Waals surface area contributed by atoms with Crippen LogP contribution in [0.4, 0.5) is 0 Å². The van der Waals surface area contributed by atoms with Crippen molar-refractivity contribution >= 4 is 16.1 Å². The van der Waals surface area contributed by atoms with Crippen LogP contribution in [0.5, 0.6) is 0 Å². The van der Waals surface area contributed by atoms with E-state index in [1.54, 1.807) is 66.7 Å². The Labute approximate surface area is 194 Å². The number of rotatable bonds is 10. The molecule has 0 aliphatic carbocycles. The molecule has 33 heavy (non-hydrogen) atoms. The molecule has 172 valence electrons. The number of carbonyl (C=O) groups is 1. The van der Waals surface area contributed by atoms with Gasteiger partial charge < -0.3 is 9.84 Å². The summed E-state index contributed by atoms with van der Waals surface area (Å²) in [5.41, 5.74) is 1.91. The van der Waals surface area contributed by atoms with Crippen molar-refractivity contribution in [1.29, 1.82) is 0 Å². The van der Waals surface area contributed by atoms with Crippen LogP contribution in [0.2, 0.25) is 0 Å². The molecule has 0 heterocycles. The second-order valence-electron chi connectivity index (χ2n) is 7.53. The summed E-state index contributed by atoms with van der Waals surface area (Å²) in [4.78, 5) is 12.6. The van der Waals surface area contributed by atoms with Crippen molar-refractivity contribution in [2.24, 2.45) is 0 Å². The van der Waals surface area contributed by atoms with Crippen LogP contribution in [-0.4, -0.2) is 38.3 Å². The first kappa shape index (κ1) is 24.4. The number of esters is 1. The monoisotopic (exact) mass is 466 g/mol. The van der Waals surface area contributed by atoms with Crippen LogP contribution in [0.1, 0.15) is 27.4 Å². The van der Waals surface area contributed by atoms with Gasteiger partial charge in [0, 0.05) is 0 Å². The molecule has 0 aliphatic rings. The van der Waals surface area contributed by atoms with Crippen molar-refractivity contribution in [3.05, 3.63) is 114 Å². The largest absolute Gasteiger partial charge is 0.454 e. The lowest BCUT2D eigenvalue weighted by Crippen LogP contribution is -2.35. The van der Waals surface area contributed by atoms with Gasteiger partial charge in [0.05, 0.1) is 29.1 Å². The second-order valence-corrected chi connectivity index (χ2v) is 9.14. The Kier molecular flexibility index (Phi) is 8.16. The molecule has 0 fully saturated rings. The molecule has 0 spiro atoms. The number of aliphatic hydroxyl groups excluding tert-OH is 1. The number of aliphatic hydroxyl groups is 1. The Morgan fingerprint density at radius 2 is 1.55 bits per heavy atom. The third-order valence-electron chi connectivity index (χ3n) is 5.14. The molecule has 3 atom stereocenters. The molecule has 0 radical (unpaired) electrons. The van der Waals surface area contributed by atoms with Gasteiger partial charge in [-0.2, -0.15) is 8.42 Å². The van der Waals surface area contributed by atoms with Crippen LogP contribution in [0, 0.1) is 6.92 Å². The average molecular weight is 467 g/mol. The maximum atomic E-state index is 12.6. The van der Waals surface area contributed by atoms with Gasteiger partial charge in [0.15, 0.2) is 0 Å². The number of ether oxygens (including phenoxy) is 1. The minimum Gasteiger partial charge on any atom is -0.454 e. The molecule has 0 unspecified atom stereocenters. The molecular weight excluding hydrogens is 440 g/mol. The van der Waals surface area contributed by atoms with E-state index in [9.17, 15) is 18.3 Å². The minimum atomic E-state index is -4.08. The van der Waals surface area contributed by atoms with E-state index in [4.69, 9.17) is 8.92 Å². The van der Waals surface area contributed by atoms with E-state index in [-0.39, 0.29) is 4.90 Å².